The van der Waals surface area contributed by atoms with Crippen molar-refractivity contribution >= 4 is 37.5 Å². The highest BCUT2D eigenvalue weighted by molar-refractivity contribution is 7.89. The highest BCUT2D eigenvalue weighted by Gasteiger charge is 2.14. The molecule has 0 unspecified atom stereocenters. The summed E-state index contributed by atoms with van der Waals surface area (Å²) in [5, 5.41) is 5.16. The van der Waals surface area contributed by atoms with Gasteiger partial charge in [0, 0.05) is 6.54 Å². The van der Waals surface area contributed by atoms with E-state index in [0.29, 0.717) is 21.6 Å². The van der Waals surface area contributed by atoms with Gasteiger partial charge >= 0.3 is 0 Å². The standard InChI is InChI=1S/C17H14FN3O3S2/c1-2-9-21-14-8-7-11(26(19,23)24)10-15(14)25-17(21)20-16(22)12-5-3-4-6-13(12)18/h2-8,10H,1,9H2,(H2,19,23,24). The molecule has 9 heteroatoms. The topological polar surface area (TPSA) is 94.5 Å². The van der Waals surface area contributed by atoms with E-state index in [4.69, 9.17) is 5.14 Å². The molecule has 2 aromatic carbocycles. The van der Waals surface area contributed by atoms with Gasteiger partial charge in [0.15, 0.2) is 4.80 Å². The fourth-order valence-corrected chi connectivity index (χ4v) is 4.09. The molecule has 0 atom stereocenters. The first-order valence-corrected chi connectivity index (χ1v) is 9.78. The van der Waals surface area contributed by atoms with Crippen LogP contribution in [0.1, 0.15) is 10.4 Å². The van der Waals surface area contributed by atoms with Gasteiger partial charge in [0.1, 0.15) is 5.82 Å². The zero-order chi connectivity index (χ0) is 18.9. The van der Waals surface area contributed by atoms with Crippen LogP contribution in [-0.4, -0.2) is 18.9 Å². The van der Waals surface area contributed by atoms with Crippen LogP contribution in [0, 0.1) is 5.82 Å². The zero-order valence-electron chi connectivity index (χ0n) is 13.4. The number of thiazole rings is 1. The molecule has 6 nitrogen and oxygen atoms in total. The summed E-state index contributed by atoms with van der Waals surface area (Å²) in [6.45, 7) is 4.02. The van der Waals surface area contributed by atoms with Crippen LogP contribution in [0.2, 0.25) is 0 Å². The first kappa shape index (κ1) is 18.2. The Morgan fingerprint density at radius 2 is 2.04 bits per heavy atom. The number of carbonyl (C=O) groups excluding carboxylic acids is 1. The maximum atomic E-state index is 13.8. The van der Waals surface area contributed by atoms with Crippen LogP contribution < -0.4 is 9.94 Å². The Morgan fingerprint density at radius 1 is 1.31 bits per heavy atom. The Bertz CT molecular complexity index is 1190. The molecule has 0 saturated heterocycles. The number of rotatable bonds is 4. The van der Waals surface area contributed by atoms with E-state index < -0.39 is 21.7 Å². The van der Waals surface area contributed by atoms with Crippen LogP contribution in [0.5, 0.6) is 0 Å². The van der Waals surface area contributed by atoms with Crippen molar-refractivity contribution in [3.8, 4) is 0 Å². The molecule has 26 heavy (non-hydrogen) atoms. The molecule has 134 valence electrons. The van der Waals surface area contributed by atoms with Gasteiger partial charge in [-0.05, 0) is 30.3 Å². The predicted molar refractivity (Wildman–Crippen MR) is 97.7 cm³/mol. The van der Waals surface area contributed by atoms with E-state index in [1.54, 1.807) is 22.8 Å². The Labute approximate surface area is 152 Å². The summed E-state index contributed by atoms with van der Waals surface area (Å²) in [5.74, 6) is -1.38. The molecule has 0 aliphatic heterocycles. The molecule has 1 aromatic heterocycles. The lowest BCUT2D eigenvalue weighted by Crippen LogP contribution is -2.16. The summed E-state index contributed by atoms with van der Waals surface area (Å²) >= 11 is 1.11. The van der Waals surface area contributed by atoms with Crippen LogP contribution >= 0.6 is 11.3 Å². The molecule has 2 N–H and O–H groups in total. The van der Waals surface area contributed by atoms with Crippen LogP contribution in [0.4, 0.5) is 4.39 Å². The van der Waals surface area contributed by atoms with E-state index >= 15 is 0 Å². The third-order valence-corrected chi connectivity index (χ3v) is 5.55. The largest absolute Gasteiger partial charge is 0.312 e. The summed E-state index contributed by atoms with van der Waals surface area (Å²) in [5.41, 5.74) is 0.530. The van der Waals surface area contributed by atoms with Crippen molar-refractivity contribution in [2.45, 2.75) is 11.4 Å². The number of hydrogen-bond donors (Lipinski definition) is 1. The SMILES string of the molecule is C=CCn1c(=NC(=O)c2ccccc2F)sc2cc(S(N)(=O)=O)ccc21. The molecule has 1 amide bonds. The van der Waals surface area contributed by atoms with Gasteiger partial charge in [0.25, 0.3) is 5.91 Å². The van der Waals surface area contributed by atoms with E-state index in [-0.39, 0.29) is 10.5 Å². The van der Waals surface area contributed by atoms with Crippen molar-refractivity contribution in [1.29, 1.82) is 0 Å². The van der Waals surface area contributed by atoms with E-state index in [1.807, 2.05) is 0 Å². The Balaban J connectivity index is 2.21. The Hall–Kier alpha value is -2.62. The van der Waals surface area contributed by atoms with Crippen molar-refractivity contribution in [3.63, 3.8) is 0 Å². The molecule has 3 rings (SSSR count). The molecule has 1 heterocycles. The van der Waals surface area contributed by atoms with Crippen LogP contribution in [0.3, 0.4) is 0 Å². The third-order valence-electron chi connectivity index (χ3n) is 3.60. The molecule has 0 saturated carbocycles. The minimum absolute atomic E-state index is 0.0380. The number of hydrogen-bond acceptors (Lipinski definition) is 4. The minimum Gasteiger partial charge on any atom is -0.312 e. The van der Waals surface area contributed by atoms with E-state index in [9.17, 15) is 17.6 Å². The second-order valence-corrected chi connectivity index (χ2v) is 7.93. The summed E-state index contributed by atoms with van der Waals surface area (Å²) < 4.78 is 39.1. The number of allylic oxidation sites excluding steroid dienone is 1. The monoisotopic (exact) mass is 391 g/mol. The van der Waals surface area contributed by atoms with Gasteiger partial charge in [0.05, 0.1) is 20.7 Å². The van der Waals surface area contributed by atoms with Gasteiger partial charge < -0.3 is 4.57 Å². The molecule has 3 aromatic rings. The number of benzene rings is 2. The van der Waals surface area contributed by atoms with Crippen LogP contribution in [-0.2, 0) is 16.6 Å². The number of nitrogens with two attached hydrogens (primary N) is 1. The average molecular weight is 391 g/mol. The van der Waals surface area contributed by atoms with Gasteiger partial charge in [-0.3, -0.25) is 4.79 Å². The maximum absolute atomic E-state index is 13.8. The normalized spacial score (nSPS) is 12.5. The quantitative estimate of drug-likeness (QED) is 0.692. The smallest absolute Gasteiger partial charge is 0.282 e. The molecule has 0 aliphatic rings. The second-order valence-electron chi connectivity index (χ2n) is 5.36. The molecule has 0 bridgehead atoms. The van der Waals surface area contributed by atoms with Gasteiger partial charge in [-0.2, -0.15) is 4.99 Å². The number of fused-ring (bicyclic) bond motifs is 1. The molecular formula is C17H14FN3O3S2. The number of aromatic nitrogens is 1. The van der Waals surface area contributed by atoms with Crippen molar-refractivity contribution in [2.24, 2.45) is 10.1 Å². The fraction of sp³-hybridized carbons (Fsp3) is 0.0588. The maximum Gasteiger partial charge on any atom is 0.282 e. The lowest BCUT2D eigenvalue weighted by atomic mass is 10.2. The summed E-state index contributed by atoms with van der Waals surface area (Å²) in [6, 6.07) is 9.95. The third kappa shape index (κ3) is 3.50. The van der Waals surface area contributed by atoms with Gasteiger partial charge in [-0.1, -0.05) is 29.5 Å². The second kappa shape index (κ2) is 6.94. The highest BCUT2D eigenvalue weighted by atomic mass is 32.2. The molecular weight excluding hydrogens is 377 g/mol. The fourth-order valence-electron chi connectivity index (χ4n) is 2.40. The summed E-state index contributed by atoms with van der Waals surface area (Å²) in [6.07, 6.45) is 1.62. The van der Waals surface area contributed by atoms with Crippen molar-refractivity contribution in [3.05, 3.63) is 71.3 Å². The first-order valence-electron chi connectivity index (χ1n) is 7.42. The van der Waals surface area contributed by atoms with Gasteiger partial charge in [-0.15, -0.1) is 6.58 Å². The number of halogens is 1. The van der Waals surface area contributed by atoms with E-state index in [2.05, 4.69) is 11.6 Å². The molecule has 0 radical (unpaired) electrons. The van der Waals surface area contributed by atoms with E-state index in [1.165, 1.54) is 30.3 Å². The van der Waals surface area contributed by atoms with Crippen LogP contribution in [0.25, 0.3) is 10.2 Å². The average Bonchev–Trinajstić information content (AvgIpc) is 2.91. The number of sulfonamides is 1. The summed E-state index contributed by atoms with van der Waals surface area (Å²) in [7, 11) is -3.85. The number of amides is 1. The zero-order valence-corrected chi connectivity index (χ0v) is 15.1. The van der Waals surface area contributed by atoms with Gasteiger partial charge in [0.2, 0.25) is 10.0 Å². The lowest BCUT2D eigenvalue weighted by Gasteiger charge is -2.02. The summed E-state index contributed by atoms with van der Waals surface area (Å²) in [4.78, 5) is 16.6. The van der Waals surface area contributed by atoms with Crippen molar-refractivity contribution in [1.82, 2.24) is 4.57 Å². The number of carbonyl (C=O) groups is 1. The number of primary sulfonamides is 1. The van der Waals surface area contributed by atoms with Crippen molar-refractivity contribution in [2.75, 3.05) is 0 Å². The number of nitrogens with zero attached hydrogens (tertiary/aromatic N) is 2. The lowest BCUT2D eigenvalue weighted by molar-refractivity contribution is 0.0994. The Kier molecular flexibility index (Phi) is 4.86. The Morgan fingerprint density at radius 3 is 2.69 bits per heavy atom. The van der Waals surface area contributed by atoms with E-state index in [0.717, 1.165) is 11.3 Å². The molecule has 0 fully saturated rings. The first-order chi connectivity index (χ1) is 12.3. The molecule has 0 spiro atoms. The van der Waals surface area contributed by atoms with Gasteiger partial charge in [-0.25, -0.2) is 17.9 Å². The predicted octanol–water partition coefficient (Wildman–Crippen LogP) is 2.42. The minimum atomic E-state index is -3.85. The highest BCUT2D eigenvalue weighted by Crippen LogP contribution is 2.21. The molecule has 0 aliphatic carbocycles. The van der Waals surface area contributed by atoms with Crippen LogP contribution in [0.15, 0.2) is 65.0 Å². The van der Waals surface area contributed by atoms with Crippen molar-refractivity contribution < 1.29 is 17.6 Å².